The minimum absolute atomic E-state index is 0. The number of nitrogens with one attached hydrogen (secondary N) is 1. The normalized spacial score (nSPS) is 16.1. The van der Waals surface area contributed by atoms with Crippen molar-refractivity contribution in [3.63, 3.8) is 0 Å². The van der Waals surface area contributed by atoms with Crippen molar-refractivity contribution >= 4 is 35.3 Å². The third-order valence-electron chi connectivity index (χ3n) is 3.93. The van der Waals surface area contributed by atoms with Gasteiger partial charge in [0.05, 0.1) is 15.4 Å². The van der Waals surface area contributed by atoms with E-state index in [0.717, 1.165) is 39.6 Å². The van der Waals surface area contributed by atoms with Crippen molar-refractivity contribution in [1.82, 2.24) is 15.1 Å². The van der Waals surface area contributed by atoms with Gasteiger partial charge in [-0.3, -0.25) is 0 Å². The average Bonchev–Trinajstić information content (AvgIpc) is 3.14. The molecule has 0 aromatic carbocycles. The molecule has 1 aliphatic rings. The summed E-state index contributed by atoms with van der Waals surface area (Å²) in [4.78, 5) is 8.63. The summed E-state index contributed by atoms with van der Waals surface area (Å²) in [5.74, 6) is 1.09. The second-order valence-corrected chi connectivity index (χ2v) is 7.03. The Morgan fingerprint density at radius 1 is 1.27 bits per heavy atom. The molecule has 4 rings (SSSR count). The minimum atomic E-state index is -0.412. The van der Waals surface area contributed by atoms with Crippen LogP contribution in [0.1, 0.15) is 25.1 Å². The van der Waals surface area contributed by atoms with Crippen molar-refractivity contribution in [2.45, 2.75) is 24.8 Å². The second kappa shape index (κ2) is 5.70. The molecule has 1 aliphatic carbocycles. The van der Waals surface area contributed by atoms with Crippen molar-refractivity contribution < 1.29 is 4.52 Å². The molecule has 3 aromatic heterocycles. The summed E-state index contributed by atoms with van der Waals surface area (Å²) in [7, 11) is 0. The van der Waals surface area contributed by atoms with Crippen LogP contribution in [0.2, 0.25) is 4.34 Å². The third-order valence-corrected chi connectivity index (χ3v) is 5.20. The van der Waals surface area contributed by atoms with Gasteiger partial charge in [-0.25, -0.2) is 0 Å². The molecule has 0 bridgehead atoms. The molecule has 1 saturated carbocycles. The largest absolute Gasteiger partial charge is 0.366 e. The summed E-state index contributed by atoms with van der Waals surface area (Å²) in [5.41, 5.74) is 7.70. The first kappa shape index (κ1) is 15.6. The molecular formula is C14H14Cl2N4OS. The number of thiophene rings is 1. The highest BCUT2D eigenvalue weighted by Crippen LogP contribution is 2.40. The van der Waals surface area contributed by atoms with Crippen molar-refractivity contribution in [3.8, 4) is 21.9 Å². The Labute approximate surface area is 142 Å². The standard InChI is InChI=1S/C14H13ClN4OS.ClH/c15-11-3-2-10(21-11)8-6-17-7-9(8)12-18-13(19-20-12)14(16)4-1-5-14;/h2-3,6-7,17H,1,4-5,16H2;1H. The van der Waals surface area contributed by atoms with Crippen molar-refractivity contribution in [2.75, 3.05) is 0 Å². The van der Waals surface area contributed by atoms with Crippen LogP contribution < -0.4 is 5.73 Å². The first-order valence-electron chi connectivity index (χ1n) is 6.72. The van der Waals surface area contributed by atoms with Crippen LogP contribution in [0.15, 0.2) is 29.0 Å². The Morgan fingerprint density at radius 2 is 2.05 bits per heavy atom. The molecule has 0 radical (unpaired) electrons. The zero-order valence-electron chi connectivity index (χ0n) is 11.5. The van der Waals surface area contributed by atoms with Gasteiger partial charge in [0.25, 0.3) is 5.89 Å². The molecular weight excluding hydrogens is 343 g/mol. The molecule has 0 saturated heterocycles. The average molecular weight is 357 g/mol. The van der Waals surface area contributed by atoms with E-state index in [1.807, 2.05) is 24.5 Å². The molecule has 0 spiro atoms. The Bertz CT molecular complexity index is 790. The van der Waals surface area contributed by atoms with Crippen LogP contribution in [-0.2, 0) is 5.54 Å². The number of hydrogen-bond acceptors (Lipinski definition) is 5. The molecule has 1 fully saturated rings. The maximum atomic E-state index is 6.24. The summed E-state index contributed by atoms with van der Waals surface area (Å²) in [6.45, 7) is 0. The maximum absolute atomic E-state index is 6.24. The predicted molar refractivity (Wildman–Crippen MR) is 89.4 cm³/mol. The number of H-pyrrole nitrogens is 1. The molecule has 0 amide bonds. The summed E-state index contributed by atoms with van der Waals surface area (Å²) in [6, 6.07) is 3.86. The maximum Gasteiger partial charge on any atom is 0.260 e. The molecule has 0 unspecified atom stereocenters. The first-order valence-corrected chi connectivity index (χ1v) is 7.91. The Hall–Kier alpha value is -1.34. The van der Waals surface area contributed by atoms with Gasteiger partial charge in [0, 0.05) is 22.8 Å². The fraction of sp³-hybridized carbons (Fsp3) is 0.286. The van der Waals surface area contributed by atoms with Crippen LogP contribution in [0.25, 0.3) is 21.9 Å². The number of halogens is 2. The van der Waals surface area contributed by atoms with Crippen molar-refractivity contribution in [2.24, 2.45) is 5.73 Å². The topological polar surface area (TPSA) is 80.7 Å². The van der Waals surface area contributed by atoms with E-state index in [-0.39, 0.29) is 12.4 Å². The minimum Gasteiger partial charge on any atom is -0.366 e. The first-order chi connectivity index (χ1) is 10.2. The van der Waals surface area contributed by atoms with Gasteiger partial charge in [0.2, 0.25) is 0 Å². The SMILES string of the molecule is Cl.NC1(c2noc(-c3c[nH]cc3-c3ccc(Cl)s3)n2)CCC1. The number of nitrogens with zero attached hydrogens (tertiary/aromatic N) is 2. The predicted octanol–water partition coefficient (Wildman–Crippen LogP) is 4.21. The lowest BCUT2D eigenvalue weighted by Crippen LogP contribution is -2.44. The van der Waals surface area contributed by atoms with E-state index in [1.165, 1.54) is 11.3 Å². The number of nitrogens with two attached hydrogens (primary N) is 1. The van der Waals surface area contributed by atoms with E-state index in [0.29, 0.717) is 11.7 Å². The smallest absolute Gasteiger partial charge is 0.260 e. The zero-order chi connectivity index (χ0) is 14.4. The zero-order valence-corrected chi connectivity index (χ0v) is 13.9. The monoisotopic (exact) mass is 356 g/mol. The van der Waals surface area contributed by atoms with Crippen LogP contribution in [-0.4, -0.2) is 15.1 Å². The van der Waals surface area contributed by atoms with E-state index in [4.69, 9.17) is 21.9 Å². The Kier molecular flexibility index (Phi) is 4.03. The van der Waals surface area contributed by atoms with Crippen molar-refractivity contribution in [1.29, 1.82) is 0 Å². The lowest BCUT2D eigenvalue weighted by Gasteiger charge is -2.34. The highest BCUT2D eigenvalue weighted by molar-refractivity contribution is 7.19. The molecule has 0 atom stereocenters. The molecule has 8 heteroatoms. The fourth-order valence-corrected chi connectivity index (χ4v) is 3.59. The molecule has 3 N–H and O–H groups in total. The second-order valence-electron chi connectivity index (χ2n) is 5.32. The van der Waals surface area contributed by atoms with Gasteiger partial charge in [-0.05, 0) is 31.4 Å². The highest BCUT2D eigenvalue weighted by atomic mass is 35.5. The van der Waals surface area contributed by atoms with Gasteiger partial charge in [-0.2, -0.15) is 4.98 Å². The molecule has 3 aromatic rings. The molecule has 0 aliphatic heterocycles. The van der Waals surface area contributed by atoms with Crippen molar-refractivity contribution in [3.05, 3.63) is 34.7 Å². The van der Waals surface area contributed by atoms with Gasteiger partial charge in [-0.15, -0.1) is 23.7 Å². The molecule has 22 heavy (non-hydrogen) atoms. The highest BCUT2D eigenvalue weighted by Gasteiger charge is 2.39. The van der Waals surface area contributed by atoms with Gasteiger partial charge >= 0.3 is 0 Å². The summed E-state index contributed by atoms with van der Waals surface area (Å²) in [5, 5.41) is 4.06. The van der Waals surface area contributed by atoms with E-state index in [2.05, 4.69) is 15.1 Å². The van der Waals surface area contributed by atoms with Crippen LogP contribution in [0.3, 0.4) is 0 Å². The van der Waals surface area contributed by atoms with E-state index in [9.17, 15) is 0 Å². The summed E-state index contributed by atoms with van der Waals surface area (Å²) < 4.78 is 6.16. The van der Waals surface area contributed by atoms with E-state index < -0.39 is 5.54 Å². The third kappa shape index (κ3) is 2.46. The van der Waals surface area contributed by atoms with Crippen LogP contribution in [0, 0.1) is 0 Å². The Morgan fingerprint density at radius 3 is 2.68 bits per heavy atom. The number of hydrogen-bond donors (Lipinski definition) is 2. The summed E-state index contributed by atoms with van der Waals surface area (Å²) in [6.07, 6.45) is 6.69. The van der Waals surface area contributed by atoms with E-state index in [1.54, 1.807) is 0 Å². The van der Waals surface area contributed by atoms with Gasteiger partial charge < -0.3 is 15.2 Å². The lowest BCUT2D eigenvalue weighted by atomic mass is 9.77. The number of aromatic amines is 1. The molecule has 116 valence electrons. The van der Waals surface area contributed by atoms with Gasteiger partial charge in [0.1, 0.15) is 0 Å². The van der Waals surface area contributed by atoms with Gasteiger partial charge in [0.15, 0.2) is 5.82 Å². The fourth-order valence-electron chi connectivity index (χ4n) is 2.52. The van der Waals surface area contributed by atoms with Gasteiger partial charge in [-0.1, -0.05) is 16.8 Å². The number of aromatic nitrogens is 3. The van der Waals surface area contributed by atoms with Crippen LogP contribution in [0.4, 0.5) is 0 Å². The van der Waals surface area contributed by atoms with Crippen LogP contribution >= 0.6 is 35.3 Å². The van der Waals surface area contributed by atoms with E-state index >= 15 is 0 Å². The molecule has 5 nitrogen and oxygen atoms in total. The summed E-state index contributed by atoms with van der Waals surface area (Å²) >= 11 is 7.52. The quantitative estimate of drug-likeness (QED) is 0.736. The molecule has 3 heterocycles. The van der Waals surface area contributed by atoms with Crippen LogP contribution in [0.5, 0.6) is 0 Å². The Balaban J connectivity index is 0.00000144. The number of rotatable bonds is 3. The lowest BCUT2D eigenvalue weighted by molar-refractivity contribution is 0.229.